The quantitative estimate of drug-likeness (QED) is 0.664. The van der Waals surface area contributed by atoms with Crippen molar-refractivity contribution >= 4 is 0 Å². The van der Waals surface area contributed by atoms with Gasteiger partial charge in [0.1, 0.15) is 0 Å². The van der Waals surface area contributed by atoms with Crippen LogP contribution in [-0.4, -0.2) is 23.4 Å². The van der Waals surface area contributed by atoms with Crippen LogP contribution in [0.2, 0.25) is 0 Å². The van der Waals surface area contributed by atoms with Crippen molar-refractivity contribution in [3.63, 3.8) is 0 Å². The van der Waals surface area contributed by atoms with Crippen LogP contribution in [0.4, 0.5) is 0 Å². The monoisotopic (exact) mass is 198 g/mol. The third-order valence-electron chi connectivity index (χ3n) is 3.65. The fourth-order valence-electron chi connectivity index (χ4n) is 2.61. The van der Waals surface area contributed by atoms with Gasteiger partial charge < -0.3 is 10.2 Å². The van der Waals surface area contributed by atoms with Crippen molar-refractivity contribution in [2.45, 2.75) is 38.5 Å². The number of allylic oxidation sites excluding steroid dienone is 1. The Balaban J connectivity index is 2.67. The molecule has 0 spiro atoms. The summed E-state index contributed by atoms with van der Waals surface area (Å²) in [5.41, 5.74) is -0.303. The van der Waals surface area contributed by atoms with Crippen LogP contribution in [-0.2, 0) is 0 Å². The molecule has 2 heteroatoms. The molecule has 1 rings (SSSR count). The molecule has 0 aromatic heterocycles. The average Bonchev–Trinajstić information content (AvgIpc) is 2.27. The highest BCUT2D eigenvalue weighted by Gasteiger charge is 2.37. The van der Waals surface area contributed by atoms with E-state index in [9.17, 15) is 10.2 Å². The Bertz CT molecular complexity index is 167. The molecule has 14 heavy (non-hydrogen) atoms. The molecule has 0 aliphatic heterocycles. The van der Waals surface area contributed by atoms with Crippen molar-refractivity contribution in [1.82, 2.24) is 0 Å². The molecule has 0 bridgehead atoms. The molecule has 0 saturated heterocycles. The molecule has 2 nitrogen and oxygen atoms in total. The first-order valence-electron chi connectivity index (χ1n) is 5.61. The summed E-state index contributed by atoms with van der Waals surface area (Å²) in [7, 11) is 0. The van der Waals surface area contributed by atoms with Gasteiger partial charge in [0.05, 0.1) is 13.2 Å². The molecule has 82 valence electrons. The molecule has 0 radical (unpaired) electrons. The highest BCUT2D eigenvalue weighted by atomic mass is 16.3. The summed E-state index contributed by atoms with van der Waals surface area (Å²) >= 11 is 0. The highest BCUT2D eigenvalue weighted by molar-refractivity contribution is 4.92. The Morgan fingerprint density at radius 1 is 1.14 bits per heavy atom. The van der Waals surface area contributed by atoms with E-state index in [-0.39, 0.29) is 18.6 Å². The van der Waals surface area contributed by atoms with Gasteiger partial charge in [0.2, 0.25) is 0 Å². The van der Waals surface area contributed by atoms with Gasteiger partial charge in [0, 0.05) is 5.41 Å². The van der Waals surface area contributed by atoms with Crippen molar-refractivity contribution in [1.29, 1.82) is 0 Å². The number of hydrogen-bond donors (Lipinski definition) is 2. The first kappa shape index (κ1) is 11.7. The van der Waals surface area contributed by atoms with Crippen LogP contribution in [0.25, 0.3) is 0 Å². The number of hydrogen-bond acceptors (Lipinski definition) is 2. The van der Waals surface area contributed by atoms with Crippen LogP contribution in [0.15, 0.2) is 12.7 Å². The van der Waals surface area contributed by atoms with Crippen molar-refractivity contribution in [2.75, 3.05) is 13.2 Å². The van der Waals surface area contributed by atoms with Crippen LogP contribution < -0.4 is 0 Å². The molecular weight excluding hydrogens is 176 g/mol. The zero-order chi connectivity index (χ0) is 10.4. The molecule has 0 heterocycles. The maximum Gasteiger partial charge on any atom is 0.0515 e. The summed E-state index contributed by atoms with van der Waals surface area (Å²) in [4.78, 5) is 0. The molecule has 0 atom stereocenters. The Morgan fingerprint density at radius 2 is 1.71 bits per heavy atom. The largest absolute Gasteiger partial charge is 0.396 e. The van der Waals surface area contributed by atoms with Crippen LogP contribution in [0.3, 0.4) is 0 Å². The molecule has 1 saturated carbocycles. The standard InChI is InChI=1S/C12H22O2/c1-2-8-12(9-13,10-14)11-6-4-3-5-7-11/h2,11,13-14H,1,3-10H2. The second-order valence-corrected chi connectivity index (χ2v) is 4.51. The Labute approximate surface area is 86.6 Å². The van der Waals surface area contributed by atoms with Gasteiger partial charge in [-0.15, -0.1) is 6.58 Å². The fourth-order valence-corrected chi connectivity index (χ4v) is 2.61. The van der Waals surface area contributed by atoms with E-state index >= 15 is 0 Å². The molecule has 2 N–H and O–H groups in total. The van der Waals surface area contributed by atoms with E-state index in [1.165, 1.54) is 19.3 Å². The maximum atomic E-state index is 9.45. The van der Waals surface area contributed by atoms with E-state index in [1.54, 1.807) is 0 Å². The molecule has 0 amide bonds. The number of aliphatic hydroxyl groups excluding tert-OH is 2. The predicted molar refractivity (Wildman–Crippen MR) is 58.0 cm³/mol. The fraction of sp³-hybridized carbons (Fsp3) is 0.833. The first-order valence-corrected chi connectivity index (χ1v) is 5.61. The zero-order valence-corrected chi connectivity index (χ0v) is 8.91. The first-order chi connectivity index (χ1) is 6.79. The van der Waals surface area contributed by atoms with Gasteiger partial charge >= 0.3 is 0 Å². The lowest BCUT2D eigenvalue weighted by Gasteiger charge is -2.39. The highest BCUT2D eigenvalue weighted by Crippen LogP contribution is 2.40. The lowest BCUT2D eigenvalue weighted by atomic mass is 9.68. The number of rotatable bonds is 5. The Kier molecular flexibility index (Phi) is 4.63. The third kappa shape index (κ3) is 2.37. The maximum absolute atomic E-state index is 9.45. The zero-order valence-electron chi connectivity index (χ0n) is 8.91. The molecule has 0 aromatic carbocycles. The van der Waals surface area contributed by atoms with Crippen LogP contribution in [0.5, 0.6) is 0 Å². The van der Waals surface area contributed by atoms with Crippen molar-refractivity contribution < 1.29 is 10.2 Å². The lowest BCUT2D eigenvalue weighted by Crippen LogP contribution is -2.38. The van der Waals surface area contributed by atoms with Crippen LogP contribution >= 0.6 is 0 Å². The second-order valence-electron chi connectivity index (χ2n) is 4.51. The van der Waals surface area contributed by atoms with E-state index in [4.69, 9.17) is 0 Å². The SMILES string of the molecule is C=CCC(CO)(CO)C1CCCCC1. The molecule has 1 fully saturated rings. The molecule has 0 unspecified atom stereocenters. The average molecular weight is 198 g/mol. The molecule has 1 aliphatic rings. The summed E-state index contributed by atoms with van der Waals surface area (Å²) in [5.74, 6) is 0.476. The van der Waals surface area contributed by atoms with Crippen LogP contribution in [0.1, 0.15) is 38.5 Å². The van der Waals surface area contributed by atoms with Gasteiger partial charge in [-0.1, -0.05) is 25.3 Å². The Hall–Kier alpha value is -0.340. The van der Waals surface area contributed by atoms with Crippen molar-refractivity contribution in [2.24, 2.45) is 11.3 Å². The van der Waals surface area contributed by atoms with E-state index in [0.29, 0.717) is 5.92 Å². The third-order valence-corrected chi connectivity index (χ3v) is 3.65. The van der Waals surface area contributed by atoms with E-state index < -0.39 is 0 Å². The minimum absolute atomic E-state index is 0.0835. The summed E-state index contributed by atoms with van der Waals surface area (Å²) < 4.78 is 0. The minimum Gasteiger partial charge on any atom is -0.396 e. The topological polar surface area (TPSA) is 40.5 Å². The van der Waals surface area contributed by atoms with E-state index in [1.807, 2.05) is 6.08 Å². The molecule has 1 aliphatic carbocycles. The predicted octanol–water partition coefficient (Wildman–Crippen LogP) is 2.11. The van der Waals surface area contributed by atoms with Crippen LogP contribution in [0, 0.1) is 11.3 Å². The van der Waals surface area contributed by atoms with Gasteiger partial charge in [-0.3, -0.25) is 0 Å². The molecular formula is C12H22O2. The van der Waals surface area contributed by atoms with Crippen molar-refractivity contribution in [3.8, 4) is 0 Å². The summed E-state index contributed by atoms with van der Waals surface area (Å²) in [6.45, 7) is 3.88. The van der Waals surface area contributed by atoms with Crippen molar-refractivity contribution in [3.05, 3.63) is 12.7 Å². The van der Waals surface area contributed by atoms with E-state index in [2.05, 4.69) is 6.58 Å². The van der Waals surface area contributed by atoms with Gasteiger partial charge in [-0.2, -0.15) is 0 Å². The smallest absolute Gasteiger partial charge is 0.0515 e. The lowest BCUT2D eigenvalue weighted by molar-refractivity contribution is -0.00828. The normalized spacial score (nSPS) is 19.6. The van der Waals surface area contributed by atoms with Gasteiger partial charge in [0.25, 0.3) is 0 Å². The van der Waals surface area contributed by atoms with Gasteiger partial charge in [-0.05, 0) is 25.2 Å². The van der Waals surface area contributed by atoms with Gasteiger partial charge in [-0.25, -0.2) is 0 Å². The Morgan fingerprint density at radius 3 is 2.14 bits per heavy atom. The summed E-state index contributed by atoms with van der Waals surface area (Å²) in [6, 6.07) is 0. The minimum atomic E-state index is -0.303. The summed E-state index contributed by atoms with van der Waals surface area (Å²) in [5, 5.41) is 18.9. The number of aliphatic hydroxyl groups is 2. The van der Waals surface area contributed by atoms with E-state index in [0.717, 1.165) is 19.3 Å². The summed E-state index contributed by atoms with van der Waals surface area (Å²) in [6.07, 6.45) is 8.63. The van der Waals surface area contributed by atoms with Gasteiger partial charge in [0.15, 0.2) is 0 Å². The second kappa shape index (κ2) is 5.52. The molecule has 0 aromatic rings.